The Morgan fingerprint density at radius 3 is 2.35 bits per heavy atom. The topological polar surface area (TPSA) is 100 Å². The minimum atomic E-state index is -0.608. The van der Waals surface area contributed by atoms with Gasteiger partial charge in [0.25, 0.3) is 11.8 Å². The molecule has 0 aromatic heterocycles. The fourth-order valence-corrected chi connectivity index (χ4v) is 3.29. The lowest BCUT2D eigenvalue weighted by Crippen LogP contribution is -2.32. The number of nitrogens with zero attached hydrogens (tertiary/aromatic N) is 1. The van der Waals surface area contributed by atoms with Crippen LogP contribution in [0.5, 0.6) is 11.5 Å². The van der Waals surface area contributed by atoms with E-state index in [1.54, 1.807) is 48.5 Å². The highest BCUT2D eigenvalue weighted by atomic mass is 79.9. The zero-order valence-corrected chi connectivity index (χ0v) is 19.8. The van der Waals surface area contributed by atoms with E-state index in [-0.39, 0.29) is 17.2 Å². The molecule has 8 heteroatoms. The second kappa shape index (κ2) is 12.2. The Hall–Kier alpha value is -4.17. The fraction of sp³-hybridized carbons (Fsp3) is 0.0385. The number of amides is 2. The van der Waals surface area contributed by atoms with E-state index in [0.29, 0.717) is 15.6 Å². The summed E-state index contributed by atoms with van der Waals surface area (Å²) in [7, 11) is 1.43. The van der Waals surface area contributed by atoms with Gasteiger partial charge in [-0.15, -0.1) is 0 Å². The summed E-state index contributed by atoms with van der Waals surface area (Å²) in [6.07, 6.45) is 6.37. The molecule has 0 fully saturated rings. The molecule has 3 aromatic rings. The van der Waals surface area contributed by atoms with Crippen LogP contribution in [0.2, 0.25) is 0 Å². The van der Waals surface area contributed by atoms with Crippen LogP contribution >= 0.6 is 15.9 Å². The Morgan fingerprint density at radius 1 is 1.00 bits per heavy atom. The summed E-state index contributed by atoms with van der Waals surface area (Å²) in [5, 5.41) is 16.5. The number of aromatic hydroxyl groups is 1. The number of hydrazone groups is 1. The lowest BCUT2D eigenvalue weighted by atomic mass is 10.2. The Kier molecular flexibility index (Phi) is 8.76. The van der Waals surface area contributed by atoms with Gasteiger partial charge in [0.05, 0.1) is 17.8 Å². The number of phenolic OH excluding ortho intramolecular Hbond substituents is 1. The molecular formula is C26H22BrN3O4. The van der Waals surface area contributed by atoms with Crippen LogP contribution in [0.1, 0.15) is 21.5 Å². The molecule has 0 radical (unpaired) electrons. The first-order valence-electron chi connectivity index (χ1n) is 10.2. The lowest BCUT2D eigenvalue weighted by molar-refractivity contribution is -0.117. The van der Waals surface area contributed by atoms with Gasteiger partial charge >= 0.3 is 0 Å². The third-order valence-electron chi connectivity index (χ3n) is 4.53. The number of phenols is 1. The van der Waals surface area contributed by atoms with Gasteiger partial charge in [-0.3, -0.25) is 9.59 Å². The van der Waals surface area contributed by atoms with Crippen molar-refractivity contribution < 1.29 is 19.4 Å². The predicted molar refractivity (Wildman–Crippen MR) is 136 cm³/mol. The van der Waals surface area contributed by atoms with Gasteiger partial charge in [0.1, 0.15) is 5.70 Å². The van der Waals surface area contributed by atoms with Crippen molar-refractivity contribution in [2.24, 2.45) is 5.10 Å². The molecule has 0 atom stereocenters. The third kappa shape index (κ3) is 6.91. The number of halogens is 1. The number of nitrogens with one attached hydrogen (secondary N) is 2. The quantitative estimate of drug-likeness (QED) is 0.174. The molecule has 3 aromatic carbocycles. The van der Waals surface area contributed by atoms with E-state index >= 15 is 0 Å². The zero-order chi connectivity index (χ0) is 24.3. The van der Waals surface area contributed by atoms with Crippen LogP contribution in [0.3, 0.4) is 0 Å². The first kappa shape index (κ1) is 24.5. The molecular weight excluding hydrogens is 498 g/mol. The molecule has 0 bridgehead atoms. The summed E-state index contributed by atoms with van der Waals surface area (Å²) in [6, 6.07) is 21.3. The summed E-state index contributed by atoms with van der Waals surface area (Å²) in [6.45, 7) is 0. The minimum absolute atomic E-state index is 0.0163. The number of ether oxygens (including phenoxy) is 1. The van der Waals surface area contributed by atoms with Gasteiger partial charge in [-0.2, -0.15) is 5.10 Å². The molecule has 7 nitrogen and oxygen atoms in total. The molecule has 3 rings (SSSR count). The number of hydrogen-bond acceptors (Lipinski definition) is 5. The maximum absolute atomic E-state index is 12.8. The van der Waals surface area contributed by atoms with Crippen molar-refractivity contribution in [2.75, 3.05) is 7.11 Å². The van der Waals surface area contributed by atoms with E-state index in [4.69, 9.17) is 4.74 Å². The first-order chi connectivity index (χ1) is 16.5. The molecule has 0 aliphatic rings. The number of methoxy groups -OCH3 is 1. The summed E-state index contributed by atoms with van der Waals surface area (Å²) in [5.74, 6) is -0.819. The largest absolute Gasteiger partial charge is 0.503 e. The highest BCUT2D eigenvalue weighted by Gasteiger charge is 2.13. The van der Waals surface area contributed by atoms with Gasteiger partial charge in [0.2, 0.25) is 0 Å². The SMILES string of the molecule is COc1cc(/C=N/NC(=O)/C(=C\C=C/c2ccccc2)NC(=O)c2ccccc2)cc(Br)c1O. The van der Waals surface area contributed by atoms with Crippen LogP contribution in [-0.2, 0) is 4.79 Å². The van der Waals surface area contributed by atoms with Gasteiger partial charge in [0, 0.05) is 5.56 Å². The number of hydrogen-bond donors (Lipinski definition) is 3. The molecule has 0 unspecified atom stereocenters. The lowest BCUT2D eigenvalue weighted by Gasteiger charge is -2.08. The van der Waals surface area contributed by atoms with E-state index in [2.05, 4.69) is 31.8 Å². The number of rotatable bonds is 8. The summed E-state index contributed by atoms with van der Waals surface area (Å²) in [5.41, 5.74) is 4.35. The number of benzene rings is 3. The Bertz CT molecular complexity index is 1240. The van der Waals surface area contributed by atoms with Gasteiger partial charge in [0.15, 0.2) is 11.5 Å². The summed E-state index contributed by atoms with van der Waals surface area (Å²) < 4.78 is 5.52. The van der Waals surface area contributed by atoms with E-state index < -0.39 is 11.8 Å². The highest BCUT2D eigenvalue weighted by Crippen LogP contribution is 2.34. The average Bonchev–Trinajstić information content (AvgIpc) is 2.86. The van der Waals surface area contributed by atoms with Crippen LogP contribution in [0.15, 0.2) is 100 Å². The monoisotopic (exact) mass is 519 g/mol. The normalized spacial score (nSPS) is 11.5. The Balaban J connectivity index is 1.77. The minimum Gasteiger partial charge on any atom is -0.503 e. The maximum atomic E-state index is 12.8. The second-order valence-electron chi connectivity index (χ2n) is 6.92. The van der Waals surface area contributed by atoms with Crippen LogP contribution < -0.4 is 15.5 Å². The van der Waals surface area contributed by atoms with Crippen molar-refractivity contribution >= 4 is 40.0 Å². The van der Waals surface area contributed by atoms with E-state index in [0.717, 1.165) is 5.56 Å². The van der Waals surface area contributed by atoms with Crippen LogP contribution in [0, 0.1) is 0 Å². The predicted octanol–water partition coefficient (Wildman–Crippen LogP) is 4.64. The molecule has 34 heavy (non-hydrogen) atoms. The van der Waals surface area contributed by atoms with Gasteiger partial charge in [-0.1, -0.05) is 60.7 Å². The number of carbonyl (C=O) groups excluding carboxylic acids is 2. The van der Waals surface area contributed by atoms with Crippen LogP contribution in [-0.4, -0.2) is 30.2 Å². The smallest absolute Gasteiger partial charge is 0.287 e. The molecule has 3 N–H and O–H groups in total. The molecule has 0 saturated carbocycles. The molecule has 0 heterocycles. The number of allylic oxidation sites excluding steroid dienone is 2. The standard InChI is InChI=1S/C26H22BrN3O4/c1-34-23-16-19(15-21(27)24(23)31)17-28-30-26(33)22(14-8-11-18-9-4-2-5-10-18)29-25(32)20-12-6-3-7-13-20/h2-17,31H,1H3,(H,29,32)(H,30,33)/b11-8-,22-14+,28-17+. The van der Waals surface area contributed by atoms with Crippen molar-refractivity contribution in [2.45, 2.75) is 0 Å². The maximum Gasteiger partial charge on any atom is 0.287 e. The van der Waals surface area contributed by atoms with Crippen molar-refractivity contribution in [3.05, 3.63) is 112 Å². The van der Waals surface area contributed by atoms with E-state index in [9.17, 15) is 14.7 Å². The molecule has 0 aliphatic carbocycles. The van der Waals surface area contributed by atoms with Gasteiger partial charge in [-0.25, -0.2) is 5.43 Å². The van der Waals surface area contributed by atoms with Crippen molar-refractivity contribution in [1.29, 1.82) is 0 Å². The van der Waals surface area contributed by atoms with Crippen molar-refractivity contribution in [3.8, 4) is 11.5 Å². The Morgan fingerprint density at radius 2 is 1.68 bits per heavy atom. The zero-order valence-electron chi connectivity index (χ0n) is 18.2. The Labute approximate surface area is 205 Å². The van der Waals surface area contributed by atoms with Crippen molar-refractivity contribution in [3.63, 3.8) is 0 Å². The third-order valence-corrected chi connectivity index (χ3v) is 5.13. The summed E-state index contributed by atoms with van der Waals surface area (Å²) >= 11 is 3.24. The van der Waals surface area contributed by atoms with E-state index in [1.807, 2.05) is 36.4 Å². The van der Waals surface area contributed by atoms with Crippen molar-refractivity contribution in [1.82, 2.24) is 10.7 Å². The molecule has 0 spiro atoms. The first-order valence-corrected chi connectivity index (χ1v) is 11.0. The van der Waals surface area contributed by atoms with Gasteiger partial charge in [-0.05, 0) is 57.4 Å². The summed E-state index contributed by atoms with van der Waals surface area (Å²) in [4.78, 5) is 25.4. The second-order valence-corrected chi connectivity index (χ2v) is 7.78. The average molecular weight is 520 g/mol. The van der Waals surface area contributed by atoms with Crippen LogP contribution in [0.4, 0.5) is 0 Å². The molecule has 172 valence electrons. The number of carbonyl (C=O) groups is 2. The molecule has 2 amide bonds. The highest BCUT2D eigenvalue weighted by molar-refractivity contribution is 9.10. The van der Waals surface area contributed by atoms with E-state index in [1.165, 1.54) is 19.4 Å². The fourth-order valence-electron chi connectivity index (χ4n) is 2.83. The molecule has 0 saturated heterocycles. The van der Waals surface area contributed by atoms with Crippen LogP contribution in [0.25, 0.3) is 6.08 Å². The molecule has 0 aliphatic heterocycles. The van der Waals surface area contributed by atoms with Gasteiger partial charge < -0.3 is 15.2 Å².